The molecule has 0 N–H and O–H groups in total. The highest BCUT2D eigenvalue weighted by molar-refractivity contribution is 6.21. The van der Waals surface area contributed by atoms with E-state index in [4.69, 9.17) is 52.1 Å². The van der Waals surface area contributed by atoms with Crippen molar-refractivity contribution in [3.8, 4) is 0 Å². The molecule has 0 spiro atoms. The average molecular weight is 836 g/mol. The summed E-state index contributed by atoms with van der Waals surface area (Å²) in [5.41, 5.74) is -0.0724. The van der Waals surface area contributed by atoms with Crippen molar-refractivity contribution in [1.29, 1.82) is 0 Å². The minimum Gasteiger partial charge on any atom is -0.463 e. The number of benzene rings is 1. The zero-order valence-corrected chi connectivity index (χ0v) is 33.2. The minimum atomic E-state index is -1.87. The third-order valence-electron chi connectivity index (χ3n) is 8.72. The van der Waals surface area contributed by atoms with Crippen molar-refractivity contribution in [1.82, 2.24) is 4.90 Å². The lowest BCUT2D eigenvalue weighted by Crippen LogP contribution is -2.68. The van der Waals surface area contributed by atoms with Gasteiger partial charge in [0.15, 0.2) is 49.2 Å². The van der Waals surface area contributed by atoms with E-state index in [1.165, 1.54) is 30.3 Å². The van der Waals surface area contributed by atoms with Crippen LogP contribution in [0.15, 0.2) is 36.9 Å². The molecule has 0 unspecified atom stereocenters. The third kappa shape index (κ3) is 11.5. The number of hydrogen-bond acceptors (Lipinski definition) is 20. The Balaban J connectivity index is 1.85. The van der Waals surface area contributed by atoms with Crippen molar-refractivity contribution in [2.75, 3.05) is 19.8 Å². The standard InChI is InChI=1S/C38H45NO20/c1-9-14-49-38-34(57-23(8)46)33(56-22(7)45)32(55-21(6)44)30(59-38)26(52-18(3)41)16-51-37-28(39-35(47)24-12-10-11-13-25(24)36(39)48)31(54-20(5)43)29(53-19(4)42)27(58-37)15-50-17(2)40/h9-13,26-34,37-38H,1,14-16H2,2-8H3/t26-,27+,28+,29+,30+,31+,32+,33-,34-,37+,38-/m0/s1. The Morgan fingerprint density at radius 1 is 0.644 bits per heavy atom. The Bertz CT molecular complexity index is 1780. The highest BCUT2D eigenvalue weighted by Crippen LogP contribution is 2.37. The Labute approximate surface area is 337 Å². The number of amides is 2. The second kappa shape index (κ2) is 20.3. The van der Waals surface area contributed by atoms with E-state index in [2.05, 4.69) is 6.58 Å². The second-order valence-electron chi connectivity index (χ2n) is 13.3. The molecule has 4 rings (SSSR count). The van der Waals surface area contributed by atoms with Gasteiger partial charge >= 0.3 is 41.8 Å². The summed E-state index contributed by atoms with van der Waals surface area (Å²) in [4.78, 5) is 116. The summed E-state index contributed by atoms with van der Waals surface area (Å²) >= 11 is 0. The first kappa shape index (κ1) is 45.9. The van der Waals surface area contributed by atoms with E-state index in [0.717, 1.165) is 48.5 Å². The molecule has 0 radical (unpaired) electrons. The van der Waals surface area contributed by atoms with E-state index in [0.29, 0.717) is 4.90 Å². The molecule has 0 bridgehead atoms. The number of hydrogen-bond donors (Lipinski definition) is 0. The number of nitrogens with zero attached hydrogens (tertiary/aromatic N) is 1. The van der Waals surface area contributed by atoms with Gasteiger partial charge in [-0.3, -0.25) is 48.1 Å². The van der Waals surface area contributed by atoms with Gasteiger partial charge in [0, 0.05) is 48.5 Å². The van der Waals surface area contributed by atoms with Gasteiger partial charge in [-0.05, 0) is 12.1 Å². The van der Waals surface area contributed by atoms with Crippen LogP contribution in [-0.4, -0.2) is 146 Å². The smallest absolute Gasteiger partial charge is 0.303 e. The predicted octanol–water partition coefficient (Wildman–Crippen LogP) is 0.474. The summed E-state index contributed by atoms with van der Waals surface area (Å²) in [6.07, 6.45) is -15.2. The van der Waals surface area contributed by atoms with Crippen LogP contribution in [0.5, 0.6) is 0 Å². The van der Waals surface area contributed by atoms with Crippen LogP contribution in [0.2, 0.25) is 0 Å². The Morgan fingerprint density at radius 2 is 1.15 bits per heavy atom. The summed E-state index contributed by atoms with van der Waals surface area (Å²) in [5, 5.41) is 0. The molecule has 3 aliphatic rings. The highest BCUT2D eigenvalue weighted by Gasteiger charge is 2.59. The van der Waals surface area contributed by atoms with Gasteiger partial charge in [0.05, 0.1) is 24.3 Å². The molecule has 21 nitrogen and oxygen atoms in total. The zero-order valence-electron chi connectivity index (χ0n) is 33.2. The van der Waals surface area contributed by atoms with E-state index < -0.39 is 134 Å². The van der Waals surface area contributed by atoms with Crippen LogP contribution in [0.3, 0.4) is 0 Å². The first-order valence-electron chi connectivity index (χ1n) is 18.1. The highest BCUT2D eigenvalue weighted by atomic mass is 16.7. The molecule has 2 saturated heterocycles. The van der Waals surface area contributed by atoms with Crippen molar-refractivity contribution >= 4 is 53.6 Å². The fourth-order valence-corrected chi connectivity index (χ4v) is 6.77. The van der Waals surface area contributed by atoms with Gasteiger partial charge in [-0.2, -0.15) is 0 Å². The lowest BCUT2D eigenvalue weighted by Gasteiger charge is -2.48. The number of carbonyl (C=O) groups is 9. The number of fused-ring (bicyclic) bond motifs is 1. The van der Waals surface area contributed by atoms with Crippen LogP contribution in [0.1, 0.15) is 69.2 Å². The number of ether oxygens (including phenoxy) is 11. The monoisotopic (exact) mass is 835 g/mol. The lowest BCUT2D eigenvalue weighted by atomic mass is 9.93. The van der Waals surface area contributed by atoms with Crippen molar-refractivity contribution in [2.24, 2.45) is 0 Å². The normalized spacial score (nSPS) is 27.9. The van der Waals surface area contributed by atoms with Gasteiger partial charge in [0.1, 0.15) is 24.9 Å². The molecule has 59 heavy (non-hydrogen) atoms. The molecule has 1 aromatic carbocycles. The maximum atomic E-state index is 14.0. The fourth-order valence-electron chi connectivity index (χ4n) is 6.77. The van der Waals surface area contributed by atoms with E-state index in [-0.39, 0.29) is 17.7 Å². The van der Waals surface area contributed by atoms with Crippen LogP contribution in [0.25, 0.3) is 0 Å². The molecule has 21 heteroatoms. The summed E-state index contributed by atoms with van der Waals surface area (Å²) in [7, 11) is 0. The Kier molecular flexibility index (Phi) is 15.8. The number of imide groups is 1. The van der Waals surface area contributed by atoms with Gasteiger partial charge in [-0.15, -0.1) is 6.58 Å². The maximum absolute atomic E-state index is 14.0. The third-order valence-corrected chi connectivity index (χ3v) is 8.72. The molecule has 2 fully saturated rings. The molecule has 0 saturated carbocycles. The summed E-state index contributed by atoms with van der Waals surface area (Å²) < 4.78 is 62.6. The second-order valence-corrected chi connectivity index (χ2v) is 13.3. The van der Waals surface area contributed by atoms with E-state index in [9.17, 15) is 43.2 Å². The molecular formula is C38H45NO20. The van der Waals surface area contributed by atoms with Crippen LogP contribution < -0.4 is 0 Å². The zero-order chi connectivity index (χ0) is 43.7. The minimum absolute atomic E-state index is 0.0362. The van der Waals surface area contributed by atoms with Gasteiger partial charge in [-0.25, -0.2) is 0 Å². The van der Waals surface area contributed by atoms with Crippen LogP contribution >= 0.6 is 0 Å². The average Bonchev–Trinajstić information content (AvgIpc) is 3.38. The summed E-state index contributed by atoms with van der Waals surface area (Å²) in [6, 6.07) is 4.01. The van der Waals surface area contributed by atoms with Gasteiger partial charge in [-0.1, -0.05) is 18.2 Å². The molecule has 11 atom stereocenters. The van der Waals surface area contributed by atoms with Gasteiger partial charge < -0.3 is 52.1 Å². The molecular weight excluding hydrogens is 790 g/mol. The summed E-state index contributed by atoms with van der Waals surface area (Å²) in [5.74, 6) is -8.08. The van der Waals surface area contributed by atoms with E-state index >= 15 is 0 Å². The Hall–Kier alpha value is -5.77. The number of esters is 7. The largest absolute Gasteiger partial charge is 0.463 e. The topological polar surface area (TPSA) is 258 Å². The van der Waals surface area contributed by atoms with Gasteiger partial charge in [0.2, 0.25) is 0 Å². The van der Waals surface area contributed by atoms with Crippen LogP contribution in [0.4, 0.5) is 0 Å². The first-order chi connectivity index (χ1) is 27.8. The molecule has 0 aromatic heterocycles. The predicted molar refractivity (Wildman–Crippen MR) is 190 cm³/mol. The van der Waals surface area contributed by atoms with Crippen molar-refractivity contribution in [3.05, 3.63) is 48.0 Å². The van der Waals surface area contributed by atoms with Gasteiger partial charge in [0.25, 0.3) is 11.8 Å². The van der Waals surface area contributed by atoms with Crippen LogP contribution in [-0.2, 0) is 85.7 Å². The molecule has 322 valence electrons. The SMILES string of the molecule is C=CCO[C@H]1O[C@H]([C@H](CO[C@@H]2O[C@H](COC(C)=O)[C@@H](OC(C)=O)[C@H](OC(C)=O)[C@H]2N2C(=O)c3ccccc3C2=O)OC(C)=O)[C@@H](OC(C)=O)[C@H](OC(C)=O)[C@@H]1OC(C)=O. The number of carbonyl (C=O) groups excluding carboxylic acids is 9. The van der Waals surface area contributed by atoms with Crippen molar-refractivity contribution < 1.29 is 95.3 Å². The molecule has 0 aliphatic carbocycles. The molecule has 3 heterocycles. The first-order valence-corrected chi connectivity index (χ1v) is 18.1. The lowest BCUT2D eigenvalue weighted by molar-refractivity contribution is -0.324. The van der Waals surface area contributed by atoms with Crippen LogP contribution in [0, 0.1) is 0 Å². The number of rotatable bonds is 16. The maximum Gasteiger partial charge on any atom is 0.303 e. The molecule has 3 aliphatic heterocycles. The fraction of sp³-hybridized carbons (Fsp3) is 0.553. The summed E-state index contributed by atoms with van der Waals surface area (Å²) in [6.45, 7) is 9.15. The van der Waals surface area contributed by atoms with E-state index in [1.54, 1.807) is 0 Å². The molecule has 1 aromatic rings. The van der Waals surface area contributed by atoms with Crippen molar-refractivity contribution in [3.63, 3.8) is 0 Å². The quantitative estimate of drug-likeness (QED) is 0.0949. The van der Waals surface area contributed by atoms with Crippen molar-refractivity contribution in [2.45, 2.75) is 116 Å². The Morgan fingerprint density at radius 3 is 1.66 bits per heavy atom. The molecule has 2 amide bonds. The van der Waals surface area contributed by atoms with E-state index in [1.807, 2.05) is 0 Å².